The van der Waals surface area contributed by atoms with Gasteiger partial charge in [0, 0.05) is 25.0 Å². The molecular formula is C19H26N4O. The Kier molecular flexibility index (Phi) is 5.90. The molecule has 1 amide bonds. The fourth-order valence-corrected chi connectivity index (χ4v) is 2.37. The molecule has 5 heteroatoms. The highest BCUT2D eigenvalue weighted by atomic mass is 16.2. The van der Waals surface area contributed by atoms with Crippen LogP contribution in [0.5, 0.6) is 0 Å². The molecule has 1 N–H and O–H groups in total. The molecule has 0 saturated carbocycles. The van der Waals surface area contributed by atoms with Crippen molar-refractivity contribution in [1.29, 1.82) is 0 Å². The predicted molar refractivity (Wildman–Crippen MR) is 97.8 cm³/mol. The number of amides is 1. The van der Waals surface area contributed by atoms with Crippen LogP contribution in [0, 0.1) is 20.8 Å². The van der Waals surface area contributed by atoms with Crippen molar-refractivity contribution in [2.75, 3.05) is 18.9 Å². The third-order valence-electron chi connectivity index (χ3n) is 4.03. The number of nitrogens with zero attached hydrogens (tertiary/aromatic N) is 3. The zero-order valence-corrected chi connectivity index (χ0v) is 15.2. The standard InChI is InChI=1S/C19H26N4O/c1-6-7-10-23(5)18(24)17-12-15(4)20-19(22-17)21-16-9-8-13(2)14(3)11-16/h8-9,11-12H,6-7,10H2,1-5H3,(H,20,21,22). The SMILES string of the molecule is CCCCN(C)C(=O)c1cc(C)nc(Nc2ccc(C)c(C)c2)n1. The summed E-state index contributed by atoms with van der Waals surface area (Å²) in [7, 11) is 1.81. The molecule has 0 spiro atoms. The van der Waals surface area contributed by atoms with Gasteiger partial charge in [-0.15, -0.1) is 0 Å². The molecule has 1 heterocycles. The summed E-state index contributed by atoms with van der Waals surface area (Å²) in [4.78, 5) is 23.0. The highest BCUT2D eigenvalue weighted by molar-refractivity contribution is 5.92. The number of carbonyl (C=O) groups excluding carboxylic acids is 1. The van der Waals surface area contributed by atoms with Gasteiger partial charge in [0.1, 0.15) is 5.69 Å². The van der Waals surface area contributed by atoms with Gasteiger partial charge in [-0.3, -0.25) is 4.79 Å². The second kappa shape index (κ2) is 7.90. The Labute approximate surface area is 144 Å². The molecule has 5 nitrogen and oxygen atoms in total. The minimum atomic E-state index is -0.0721. The maximum Gasteiger partial charge on any atom is 0.272 e. The van der Waals surface area contributed by atoms with Gasteiger partial charge < -0.3 is 10.2 Å². The number of benzene rings is 1. The lowest BCUT2D eigenvalue weighted by atomic mass is 10.1. The summed E-state index contributed by atoms with van der Waals surface area (Å²) in [6.45, 7) is 8.85. The summed E-state index contributed by atoms with van der Waals surface area (Å²) in [5.41, 5.74) is 4.54. The molecule has 0 saturated heterocycles. The van der Waals surface area contributed by atoms with Crippen molar-refractivity contribution in [3.63, 3.8) is 0 Å². The third-order valence-corrected chi connectivity index (χ3v) is 4.03. The van der Waals surface area contributed by atoms with E-state index >= 15 is 0 Å². The Morgan fingerprint density at radius 2 is 1.88 bits per heavy atom. The van der Waals surface area contributed by atoms with Crippen molar-refractivity contribution in [3.8, 4) is 0 Å². The molecule has 0 radical (unpaired) electrons. The highest BCUT2D eigenvalue weighted by Crippen LogP contribution is 2.18. The molecule has 0 aliphatic rings. The lowest BCUT2D eigenvalue weighted by Gasteiger charge is -2.17. The lowest BCUT2D eigenvalue weighted by Crippen LogP contribution is -2.28. The first-order chi connectivity index (χ1) is 11.4. The van der Waals surface area contributed by atoms with Crippen LogP contribution in [0.4, 0.5) is 11.6 Å². The summed E-state index contributed by atoms with van der Waals surface area (Å²) in [6, 6.07) is 7.83. The third kappa shape index (κ3) is 4.54. The van der Waals surface area contributed by atoms with Crippen LogP contribution >= 0.6 is 0 Å². The Morgan fingerprint density at radius 3 is 2.54 bits per heavy atom. The minimum Gasteiger partial charge on any atom is -0.340 e. The quantitative estimate of drug-likeness (QED) is 0.871. The molecule has 1 aromatic heterocycles. The predicted octanol–water partition coefficient (Wildman–Crippen LogP) is 4.02. The van der Waals surface area contributed by atoms with Crippen molar-refractivity contribution < 1.29 is 4.79 Å². The first kappa shape index (κ1) is 17.9. The van der Waals surface area contributed by atoms with E-state index in [0.29, 0.717) is 11.6 Å². The van der Waals surface area contributed by atoms with Crippen LogP contribution in [0.15, 0.2) is 24.3 Å². The average Bonchev–Trinajstić information content (AvgIpc) is 2.54. The van der Waals surface area contributed by atoms with Crippen molar-refractivity contribution in [1.82, 2.24) is 14.9 Å². The summed E-state index contributed by atoms with van der Waals surface area (Å²) in [6.07, 6.45) is 2.04. The van der Waals surface area contributed by atoms with Gasteiger partial charge >= 0.3 is 0 Å². The molecule has 0 unspecified atom stereocenters. The monoisotopic (exact) mass is 326 g/mol. The van der Waals surface area contributed by atoms with Crippen LogP contribution in [0.25, 0.3) is 0 Å². The van der Waals surface area contributed by atoms with Crippen molar-refractivity contribution in [2.24, 2.45) is 0 Å². The summed E-state index contributed by atoms with van der Waals surface area (Å²) in [5, 5.41) is 3.20. The molecule has 0 aliphatic carbocycles. The Morgan fingerprint density at radius 1 is 1.12 bits per heavy atom. The number of anilines is 2. The van der Waals surface area contributed by atoms with Crippen LogP contribution < -0.4 is 5.32 Å². The molecule has 0 bridgehead atoms. The molecule has 0 fully saturated rings. The average molecular weight is 326 g/mol. The van der Waals surface area contributed by atoms with Gasteiger partial charge in [0.05, 0.1) is 0 Å². The van der Waals surface area contributed by atoms with E-state index in [9.17, 15) is 4.79 Å². The second-order valence-corrected chi connectivity index (χ2v) is 6.22. The smallest absolute Gasteiger partial charge is 0.272 e. The first-order valence-electron chi connectivity index (χ1n) is 8.36. The van der Waals surface area contributed by atoms with E-state index in [2.05, 4.69) is 48.2 Å². The number of unbranched alkanes of at least 4 members (excludes halogenated alkanes) is 1. The number of aromatic nitrogens is 2. The van der Waals surface area contributed by atoms with E-state index in [1.807, 2.05) is 20.0 Å². The van der Waals surface area contributed by atoms with Gasteiger partial charge in [-0.25, -0.2) is 9.97 Å². The van der Waals surface area contributed by atoms with Crippen LogP contribution in [0.1, 0.15) is 47.1 Å². The lowest BCUT2D eigenvalue weighted by molar-refractivity contribution is 0.0787. The first-order valence-corrected chi connectivity index (χ1v) is 8.36. The summed E-state index contributed by atoms with van der Waals surface area (Å²) in [5.74, 6) is 0.377. The zero-order chi connectivity index (χ0) is 17.7. The van der Waals surface area contributed by atoms with Gasteiger partial charge in [-0.05, 0) is 56.5 Å². The number of hydrogen-bond donors (Lipinski definition) is 1. The molecule has 1 aromatic carbocycles. The van der Waals surface area contributed by atoms with E-state index in [4.69, 9.17) is 0 Å². The topological polar surface area (TPSA) is 58.1 Å². The fourth-order valence-electron chi connectivity index (χ4n) is 2.37. The number of rotatable bonds is 6. The second-order valence-electron chi connectivity index (χ2n) is 6.22. The molecular weight excluding hydrogens is 300 g/mol. The maximum absolute atomic E-state index is 12.5. The van der Waals surface area contributed by atoms with E-state index in [0.717, 1.165) is 30.8 Å². The minimum absolute atomic E-state index is 0.0721. The molecule has 0 atom stereocenters. The highest BCUT2D eigenvalue weighted by Gasteiger charge is 2.15. The summed E-state index contributed by atoms with van der Waals surface area (Å²) < 4.78 is 0. The van der Waals surface area contributed by atoms with Gasteiger partial charge in [0.15, 0.2) is 0 Å². The largest absolute Gasteiger partial charge is 0.340 e. The molecule has 2 aromatic rings. The molecule has 128 valence electrons. The molecule has 2 rings (SSSR count). The van der Waals surface area contributed by atoms with Crippen molar-refractivity contribution in [2.45, 2.75) is 40.5 Å². The fraction of sp³-hybridized carbons (Fsp3) is 0.421. The maximum atomic E-state index is 12.5. The number of hydrogen-bond acceptors (Lipinski definition) is 4. The van der Waals surface area contributed by atoms with Gasteiger partial charge in [0.2, 0.25) is 5.95 Å². The Hall–Kier alpha value is -2.43. The van der Waals surface area contributed by atoms with E-state index < -0.39 is 0 Å². The van der Waals surface area contributed by atoms with Crippen molar-refractivity contribution >= 4 is 17.5 Å². The Balaban J connectivity index is 2.21. The number of nitrogens with one attached hydrogen (secondary N) is 1. The van der Waals surface area contributed by atoms with Crippen molar-refractivity contribution in [3.05, 3.63) is 46.8 Å². The van der Waals surface area contributed by atoms with Crippen LogP contribution in [-0.2, 0) is 0 Å². The van der Waals surface area contributed by atoms with Crippen LogP contribution in [0.3, 0.4) is 0 Å². The number of carbonyl (C=O) groups is 1. The number of aryl methyl sites for hydroxylation is 3. The summed E-state index contributed by atoms with van der Waals surface area (Å²) >= 11 is 0. The zero-order valence-electron chi connectivity index (χ0n) is 15.2. The van der Waals surface area contributed by atoms with Gasteiger partial charge in [-0.1, -0.05) is 19.4 Å². The van der Waals surface area contributed by atoms with E-state index in [1.54, 1.807) is 11.0 Å². The molecule has 24 heavy (non-hydrogen) atoms. The van der Waals surface area contributed by atoms with Crippen LogP contribution in [0.2, 0.25) is 0 Å². The van der Waals surface area contributed by atoms with E-state index in [-0.39, 0.29) is 5.91 Å². The Bertz CT molecular complexity index is 727. The van der Waals surface area contributed by atoms with E-state index in [1.165, 1.54) is 11.1 Å². The van der Waals surface area contributed by atoms with Gasteiger partial charge in [0.25, 0.3) is 5.91 Å². The van der Waals surface area contributed by atoms with Gasteiger partial charge in [-0.2, -0.15) is 0 Å². The molecule has 0 aliphatic heterocycles. The normalized spacial score (nSPS) is 10.5. The van der Waals surface area contributed by atoms with Crippen LogP contribution in [-0.4, -0.2) is 34.4 Å².